The van der Waals surface area contributed by atoms with Gasteiger partial charge >= 0.3 is 5.97 Å². The van der Waals surface area contributed by atoms with Crippen molar-refractivity contribution in [3.05, 3.63) is 57.7 Å². The second-order valence-corrected chi connectivity index (χ2v) is 4.57. The van der Waals surface area contributed by atoms with E-state index >= 15 is 0 Å². The third-order valence-electron chi connectivity index (χ3n) is 2.36. The molecule has 0 radical (unpaired) electrons. The maximum absolute atomic E-state index is 10.9. The van der Waals surface area contributed by atoms with Gasteiger partial charge in [0.25, 0.3) is 0 Å². The molecule has 2 rings (SSSR count). The lowest BCUT2D eigenvalue weighted by atomic mass is 10.2. The maximum Gasteiger partial charge on any atom is 0.337 e. The van der Waals surface area contributed by atoms with Crippen LogP contribution in [0.5, 0.6) is 5.88 Å². The number of hydrogen-bond donors (Lipinski definition) is 1. The van der Waals surface area contributed by atoms with E-state index in [1.165, 1.54) is 12.3 Å². The van der Waals surface area contributed by atoms with Gasteiger partial charge in [-0.2, -0.15) is 0 Å². The van der Waals surface area contributed by atoms with E-state index in [4.69, 9.17) is 33.0 Å². The van der Waals surface area contributed by atoms with Crippen LogP contribution in [0.2, 0.25) is 10.0 Å². The van der Waals surface area contributed by atoms with Crippen LogP contribution in [0.3, 0.4) is 0 Å². The zero-order valence-electron chi connectivity index (χ0n) is 9.64. The maximum atomic E-state index is 10.9. The monoisotopic (exact) mass is 297 g/mol. The lowest BCUT2D eigenvalue weighted by molar-refractivity contribution is 0.0696. The fraction of sp³-hybridized carbons (Fsp3) is 0.0769. The van der Waals surface area contributed by atoms with E-state index in [0.717, 1.165) is 5.56 Å². The van der Waals surface area contributed by atoms with Crippen molar-refractivity contribution in [3.63, 3.8) is 0 Å². The molecule has 1 aromatic heterocycles. The highest BCUT2D eigenvalue weighted by atomic mass is 35.5. The van der Waals surface area contributed by atoms with Crippen LogP contribution < -0.4 is 4.74 Å². The average Bonchev–Trinajstić information content (AvgIpc) is 2.39. The Bertz CT molecular complexity index is 599. The van der Waals surface area contributed by atoms with Crippen molar-refractivity contribution in [3.8, 4) is 5.88 Å². The summed E-state index contributed by atoms with van der Waals surface area (Å²) in [5, 5.41) is 9.64. The molecule has 0 aliphatic heterocycles. The van der Waals surface area contributed by atoms with Crippen LogP contribution in [0.1, 0.15) is 15.9 Å². The van der Waals surface area contributed by atoms with Gasteiger partial charge in [-0.05, 0) is 17.7 Å². The van der Waals surface area contributed by atoms with E-state index in [9.17, 15) is 4.79 Å². The van der Waals surface area contributed by atoms with Crippen molar-refractivity contribution >= 4 is 29.2 Å². The third-order valence-corrected chi connectivity index (χ3v) is 2.91. The molecule has 4 nitrogen and oxygen atoms in total. The molecule has 0 aliphatic carbocycles. The number of halogens is 2. The largest absolute Gasteiger partial charge is 0.478 e. The van der Waals surface area contributed by atoms with Crippen molar-refractivity contribution in [2.24, 2.45) is 0 Å². The quantitative estimate of drug-likeness (QED) is 0.935. The van der Waals surface area contributed by atoms with Crippen molar-refractivity contribution < 1.29 is 14.6 Å². The molecule has 2 aromatic rings. The Morgan fingerprint density at radius 1 is 1.26 bits per heavy atom. The standard InChI is InChI=1S/C13H9Cl2NO3/c14-9-3-1-8(2-4-9)7-19-12-5-10(13(17)18)11(15)6-16-12/h1-6H,7H2,(H,17,18). The van der Waals surface area contributed by atoms with Gasteiger partial charge in [-0.1, -0.05) is 35.3 Å². The van der Waals surface area contributed by atoms with Gasteiger partial charge in [0.1, 0.15) is 6.61 Å². The van der Waals surface area contributed by atoms with Crippen molar-refractivity contribution in [2.45, 2.75) is 6.61 Å². The Kier molecular flexibility index (Phi) is 4.24. The number of ether oxygens (including phenoxy) is 1. The molecule has 0 amide bonds. The lowest BCUT2D eigenvalue weighted by Gasteiger charge is -2.07. The second-order valence-electron chi connectivity index (χ2n) is 3.72. The van der Waals surface area contributed by atoms with Crippen LogP contribution in [0.4, 0.5) is 0 Å². The van der Waals surface area contributed by atoms with E-state index in [1.807, 2.05) is 12.1 Å². The topological polar surface area (TPSA) is 59.4 Å². The van der Waals surface area contributed by atoms with Gasteiger partial charge in [0.15, 0.2) is 0 Å². The Morgan fingerprint density at radius 3 is 2.58 bits per heavy atom. The molecule has 0 fully saturated rings. The fourth-order valence-corrected chi connectivity index (χ4v) is 1.71. The SMILES string of the molecule is O=C(O)c1cc(OCc2ccc(Cl)cc2)ncc1Cl. The predicted octanol–water partition coefficient (Wildman–Crippen LogP) is 3.67. The number of aromatic nitrogens is 1. The molecule has 98 valence electrons. The molecule has 0 spiro atoms. The number of aromatic carboxylic acids is 1. The molecule has 1 heterocycles. The minimum atomic E-state index is -1.12. The zero-order chi connectivity index (χ0) is 13.8. The number of hydrogen-bond acceptors (Lipinski definition) is 3. The molecule has 0 atom stereocenters. The van der Waals surface area contributed by atoms with Gasteiger partial charge in [-0.15, -0.1) is 0 Å². The molecular weight excluding hydrogens is 289 g/mol. The van der Waals surface area contributed by atoms with Crippen LogP contribution in [0.25, 0.3) is 0 Å². The van der Waals surface area contributed by atoms with Crippen LogP contribution in [-0.2, 0) is 6.61 Å². The van der Waals surface area contributed by atoms with E-state index in [2.05, 4.69) is 4.98 Å². The number of pyridine rings is 1. The first-order valence-corrected chi connectivity index (χ1v) is 6.08. The summed E-state index contributed by atoms with van der Waals surface area (Å²) in [6.07, 6.45) is 1.25. The highest BCUT2D eigenvalue weighted by Crippen LogP contribution is 2.20. The fourth-order valence-electron chi connectivity index (χ4n) is 1.40. The van der Waals surface area contributed by atoms with Gasteiger partial charge in [0.05, 0.1) is 16.8 Å². The summed E-state index contributed by atoms with van der Waals surface area (Å²) in [5.41, 5.74) is 0.862. The van der Waals surface area contributed by atoms with Gasteiger partial charge in [-0.3, -0.25) is 0 Å². The minimum absolute atomic E-state index is 0.0391. The molecule has 0 saturated carbocycles. The number of nitrogens with zero attached hydrogens (tertiary/aromatic N) is 1. The van der Waals surface area contributed by atoms with Gasteiger partial charge in [0, 0.05) is 11.1 Å². The number of benzene rings is 1. The molecule has 1 aromatic carbocycles. The number of carboxylic acids is 1. The Hall–Kier alpha value is -1.78. The summed E-state index contributed by atoms with van der Waals surface area (Å²) in [7, 11) is 0. The first-order chi connectivity index (χ1) is 9.06. The molecular formula is C13H9Cl2NO3. The molecule has 0 aliphatic rings. The highest BCUT2D eigenvalue weighted by Gasteiger charge is 2.11. The molecule has 0 bridgehead atoms. The van der Waals surface area contributed by atoms with E-state index in [1.54, 1.807) is 12.1 Å². The number of rotatable bonds is 4. The molecule has 0 unspecified atom stereocenters. The summed E-state index contributed by atoms with van der Waals surface area (Å²) >= 11 is 11.5. The molecule has 19 heavy (non-hydrogen) atoms. The van der Waals surface area contributed by atoms with E-state index < -0.39 is 5.97 Å². The summed E-state index contributed by atoms with van der Waals surface area (Å²) in [4.78, 5) is 14.8. The minimum Gasteiger partial charge on any atom is -0.478 e. The van der Waals surface area contributed by atoms with E-state index in [-0.39, 0.29) is 23.1 Å². The second kappa shape index (κ2) is 5.91. The molecule has 0 saturated heterocycles. The summed E-state index contributed by atoms with van der Waals surface area (Å²) in [5.74, 6) is -0.916. The first kappa shape index (κ1) is 13.6. The highest BCUT2D eigenvalue weighted by molar-refractivity contribution is 6.33. The zero-order valence-corrected chi connectivity index (χ0v) is 11.1. The van der Waals surface area contributed by atoms with Gasteiger partial charge in [-0.25, -0.2) is 9.78 Å². The Labute approximate surface area is 119 Å². The Balaban J connectivity index is 2.09. The first-order valence-electron chi connectivity index (χ1n) is 5.32. The van der Waals surface area contributed by atoms with Crippen LogP contribution in [-0.4, -0.2) is 16.1 Å². The molecule has 1 N–H and O–H groups in total. The van der Waals surface area contributed by atoms with Crippen molar-refractivity contribution in [2.75, 3.05) is 0 Å². The van der Waals surface area contributed by atoms with Crippen molar-refractivity contribution in [1.29, 1.82) is 0 Å². The predicted molar refractivity (Wildman–Crippen MR) is 72.0 cm³/mol. The van der Waals surface area contributed by atoms with E-state index in [0.29, 0.717) is 5.02 Å². The number of carboxylic acid groups (broad SMARTS) is 1. The number of carbonyl (C=O) groups is 1. The van der Waals surface area contributed by atoms with Crippen molar-refractivity contribution in [1.82, 2.24) is 4.98 Å². The summed E-state index contributed by atoms with van der Waals surface area (Å²) < 4.78 is 5.40. The third kappa shape index (κ3) is 3.59. The van der Waals surface area contributed by atoms with Gasteiger partial charge < -0.3 is 9.84 Å². The van der Waals surface area contributed by atoms with Crippen LogP contribution >= 0.6 is 23.2 Å². The molecule has 6 heteroatoms. The smallest absolute Gasteiger partial charge is 0.337 e. The summed E-state index contributed by atoms with van der Waals surface area (Å²) in [6, 6.07) is 8.42. The summed E-state index contributed by atoms with van der Waals surface area (Å²) in [6.45, 7) is 0.269. The lowest BCUT2D eigenvalue weighted by Crippen LogP contribution is -2.02. The van der Waals surface area contributed by atoms with Crippen LogP contribution in [0, 0.1) is 0 Å². The average molecular weight is 298 g/mol. The Morgan fingerprint density at radius 2 is 1.95 bits per heavy atom. The normalized spacial score (nSPS) is 10.2. The van der Waals surface area contributed by atoms with Gasteiger partial charge in [0.2, 0.25) is 5.88 Å². The van der Waals surface area contributed by atoms with Crippen LogP contribution in [0.15, 0.2) is 36.5 Å².